The van der Waals surface area contributed by atoms with Crippen LogP contribution in [0.5, 0.6) is 5.75 Å². The minimum absolute atomic E-state index is 0.0318. The number of amides is 1. The second kappa shape index (κ2) is 6.30. The summed E-state index contributed by atoms with van der Waals surface area (Å²) in [6.07, 6.45) is 1.74. The topological polar surface area (TPSA) is 82.6 Å². The van der Waals surface area contributed by atoms with Crippen LogP contribution in [0.2, 0.25) is 0 Å². The Hall–Kier alpha value is -2.50. The largest absolute Gasteiger partial charge is 0.481 e. The minimum atomic E-state index is -0.857. The minimum Gasteiger partial charge on any atom is -0.481 e. The van der Waals surface area contributed by atoms with E-state index in [4.69, 9.17) is 9.84 Å². The fourth-order valence-corrected chi connectivity index (χ4v) is 2.04. The quantitative estimate of drug-likeness (QED) is 0.886. The number of carbonyl (C=O) groups is 2. The summed E-state index contributed by atoms with van der Waals surface area (Å²) in [6.45, 7) is 2.41. The number of nitrogens with zero attached hydrogens (tertiary/aromatic N) is 1. The Morgan fingerprint density at radius 1 is 1.38 bits per heavy atom. The molecule has 2 aromatic rings. The van der Waals surface area contributed by atoms with E-state index >= 15 is 0 Å². The van der Waals surface area contributed by atoms with E-state index in [-0.39, 0.29) is 6.42 Å². The van der Waals surface area contributed by atoms with Crippen LogP contribution in [-0.4, -0.2) is 40.6 Å². The Labute approximate surface area is 122 Å². The smallest absolute Gasteiger partial charge is 0.414 e. The van der Waals surface area contributed by atoms with Gasteiger partial charge < -0.3 is 19.7 Å². The molecule has 0 bridgehead atoms. The molecule has 2 N–H and O–H groups in total. The number of aromatic nitrogens is 1. The van der Waals surface area contributed by atoms with Crippen LogP contribution in [0.1, 0.15) is 18.9 Å². The summed E-state index contributed by atoms with van der Waals surface area (Å²) in [5.41, 5.74) is 1.65. The van der Waals surface area contributed by atoms with Gasteiger partial charge in [-0.25, -0.2) is 4.79 Å². The normalized spacial score (nSPS) is 10.6. The van der Waals surface area contributed by atoms with Gasteiger partial charge in [-0.15, -0.1) is 0 Å². The van der Waals surface area contributed by atoms with E-state index in [2.05, 4.69) is 4.98 Å². The molecule has 0 saturated carbocycles. The highest BCUT2D eigenvalue weighted by Crippen LogP contribution is 2.30. The number of rotatable bonds is 5. The zero-order valence-electron chi connectivity index (χ0n) is 12.0. The highest BCUT2D eigenvalue weighted by molar-refractivity contribution is 5.91. The van der Waals surface area contributed by atoms with Crippen molar-refractivity contribution in [1.29, 1.82) is 0 Å². The second-order valence-corrected chi connectivity index (χ2v) is 4.77. The predicted octanol–water partition coefficient (Wildman–Crippen LogP) is 2.64. The van der Waals surface area contributed by atoms with Gasteiger partial charge in [0.05, 0.1) is 0 Å². The third-order valence-corrected chi connectivity index (χ3v) is 3.34. The Bertz CT molecular complexity index is 663. The first-order valence-electron chi connectivity index (χ1n) is 6.76. The molecule has 6 nitrogen and oxygen atoms in total. The van der Waals surface area contributed by atoms with Gasteiger partial charge in [0.2, 0.25) is 0 Å². The van der Waals surface area contributed by atoms with Gasteiger partial charge in [-0.3, -0.25) is 4.79 Å². The zero-order valence-corrected chi connectivity index (χ0v) is 12.0. The number of fused-ring (bicyclic) bond motifs is 1. The van der Waals surface area contributed by atoms with Gasteiger partial charge in [-0.2, -0.15) is 0 Å². The van der Waals surface area contributed by atoms with Crippen LogP contribution in [0.3, 0.4) is 0 Å². The van der Waals surface area contributed by atoms with Crippen LogP contribution < -0.4 is 4.74 Å². The summed E-state index contributed by atoms with van der Waals surface area (Å²) < 4.78 is 5.41. The monoisotopic (exact) mass is 290 g/mol. The molecule has 0 aliphatic rings. The number of nitrogens with one attached hydrogen (secondary N) is 1. The lowest BCUT2D eigenvalue weighted by molar-refractivity contribution is -0.136. The van der Waals surface area contributed by atoms with E-state index in [1.54, 1.807) is 25.4 Å². The highest BCUT2D eigenvalue weighted by Gasteiger charge is 2.15. The Balaban J connectivity index is 2.32. The van der Waals surface area contributed by atoms with Crippen molar-refractivity contribution in [3.8, 4) is 5.75 Å². The standard InChI is InChI=1S/C15H18N2O4/c1-3-17(2)15(20)21-12-6-4-5-11-14(12)10(9-16-11)7-8-13(18)19/h4-6,9,16H,3,7-8H2,1-2H3,(H,18,19). The summed E-state index contributed by atoms with van der Waals surface area (Å²) in [5.74, 6) is -0.413. The maximum atomic E-state index is 11.9. The molecule has 112 valence electrons. The van der Waals surface area contributed by atoms with Crippen molar-refractivity contribution in [2.75, 3.05) is 13.6 Å². The summed E-state index contributed by atoms with van der Waals surface area (Å²) >= 11 is 0. The number of carbonyl (C=O) groups excluding carboxylic acids is 1. The lowest BCUT2D eigenvalue weighted by atomic mass is 10.1. The number of aromatic amines is 1. The highest BCUT2D eigenvalue weighted by atomic mass is 16.6. The fourth-order valence-electron chi connectivity index (χ4n) is 2.04. The van der Waals surface area contributed by atoms with Crippen molar-refractivity contribution in [2.45, 2.75) is 19.8 Å². The van der Waals surface area contributed by atoms with E-state index in [0.717, 1.165) is 16.5 Å². The number of aryl methyl sites for hydroxylation is 1. The Morgan fingerprint density at radius 3 is 2.81 bits per heavy atom. The van der Waals surface area contributed by atoms with E-state index in [0.29, 0.717) is 18.7 Å². The number of carboxylic acid groups (broad SMARTS) is 1. The molecule has 21 heavy (non-hydrogen) atoms. The lowest BCUT2D eigenvalue weighted by Gasteiger charge is -2.15. The van der Waals surface area contributed by atoms with Gasteiger partial charge in [0.15, 0.2) is 0 Å². The summed E-state index contributed by atoms with van der Waals surface area (Å²) in [5, 5.41) is 9.56. The van der Waals surface area contributed by atoms with Gasteiger partial charge in [-0.05, 0) is 31.0 Å². The molecule has 0 radical (unpaired) electrons. The average Bonchev–Trinajstić information content (AvgIpc) is 2.88. The maximum absolute atomic E-state index is 11.9. The summed E-state index contributed by atoms with van der Waals surface area (Å²) in [7, 11) is 1.66. The summed E-state index contributed by atoms with van der Waals surface area (Å²) in [4.78, 5) is 27.1. The van der Waals surface area contributed by atoms with Crippen molar-refractivity contribution >= 4 is 23.0 Å². The van der Waals surface area contributed by atoms with Crippen LogP contribution >= 0.6 is 0 Å². The van der Waals surface area contributed by atoms with Gasteiger partial charge in [0.25, 0.3) is 0 Å². The third-order valence-electron chi connectivity index (χ3n) is 3.34. The van der Waals surface area contributed by atoms with Crippen LogP contribution in [0.25, 0.3) is 10.9 Å². The first kappa shape index (κ1) is 14.9. The lowest BCUT2D eigenvalue weighted by Crippen LogP contribution is -2.29. The van der Waals surface area contributed by atoms with Crippen LogP contribution in [0.15, 0.2) is 24.4 Å². The van der Waals surface area contributed by atoms with E-state index < -0.39 is 12.1 Å². The van der Waals surface area contributed by atoms with Gasteiger partial charge >= 0.3 is 12.1 Å². The maximum Gasteiger partial charge on any atom is 0.414 e. The van der Waals surface area contributed by atoms with Crippen LogP contribution in [0.4, 0.5) is 4.79 Å². The Morgan fingerprint density at radius 2 is 2.14 bits per heavy atom. The third kappa shape index (κ3) is 3.34. The van der Waals surface area contributed by atoms with Crippen molar-refractivity contribution in [3.63, 3.8) is 0 Å². The molecule has 0 unspecified atom stereocenters. The molecule has 1 heterocycles. The number of hydrogen-bond acceptors (Lipinski definition) is 3. The molecule has 0 saturated heterocycles. The van der Waals surface area contributed by atoms with Crippen LogP contribution in [-0.2, 0) is 11.2 Å². The fraction of sp³-hybridized carbons (Fsp3) is 0.333. The first-order chi connectivity index (χ1) is 10.0. The number of aliphatic carboxylic acids is 1. The van der Waals surface area contributed by atoms with Gasteiger partial charge in [0.1, 0.15) is 5.75 Å². The molecule has 1 aromatic carbocycles. The first-order valence-corrected chi connectivity index (χ1v) is 6.76. The van der Waals surface area contributed by atoms with E-state index in [1.165, 1.54) is 4.90 Å². The zero-order chi connectivity index (χ0) is 15.4. The van der Waals surface area contributed by atoms with Crippen molar-refractivity contribution in [3.05, 3.63) is 30.0 Å². The molecular weight excluding hydrogens is 272 g/mol. The van der Waals surface area contributed by atoms with Crippen LogP contribution in [0, 0.1) is 0 Å². The predicted molar refractivity (Wildman–Crippen MR) is 78.6 cm³/mol. The molecular formula is C15H18N2O4. The molecule has 0 fully saturated rings. The van der Waals surface area contributed by atoms with Gasteiger partial charge in [-0.1, -0.05) is 6.07 Å². The molecule has 2 rings (SSSR count). The molecule has 0 atom stereocenters. The number of H-pyrrole nitrogens is 1. The Kier molecular flexibility index (Phi) is 4.47. The van der Waals surface area contributed by atoms with Crippen molar-refractivity contribution in [2.24, 2.45) is 0 Å². The van der Waals surface area contributed by atoms with E-state index in [1.807, 2.05) is 13.0 Å². The number of hydrogen-bond donors (Lipinski definition) is 2. The molecule has 0 aliphatic carbocycles. The number of carboxylic acids is 1. The molecule has 0 aliphatic heterocycles. The van der Waals surface area contributed by atoms with Crippen molar-refractivity contribution in [1.82, 2.24) is 9.88 Å². The molecule has 6 heteroatoms. The molecule has 1 amide bonds. The van der Waals surface area contributed by atoms with Crippen molar-refractivity contribution < 1.29 is 19.4 Å². The average molecular weight is 290 g/mol. The SMILES string of the molecule is CCN(C)C(=O)Oc1cccc2[nH]cc(CCC(=O)O)c12. The molecule has 1 aromatic heterocycles. The van der Waals surface area contributed by atoms with E-state index in [9.17, 15) is 9.59 Å². The second-order valence-electron chi connectivity index (χ2n) is 4.77. The summed E-state index contributed by atoms with van der Waals surface area (Å²) in [6, 6.07) is 5.36. The number of benzene rings is 1. The number of ether oxygens (including phenoxy) is 1. The van der Waals surface area contributed by atoms with Gasteiger partial charge in [0, 0.05) is 37.1 Å². The molecule has 0 spiro atoms.